The lowest BCUT2D eigenvalue weighted by Crippen LogP contribution is -2.05. The second-order valence-electron chi connectivity index (χ2n) is 4.31. The van der Waals surface area contributed by atoms with Crippen LogP contribution in [0.25, 0.3) is 0 Å². The number of benzene rings is 2. The minimum absolute atomic E-state index is 0.0303. The minimum Gasteiger partial charge on any atom is -0.294 e. The van der Waals surface area contributed by atoms with E-state index in [1.165, 1.54) is 24.3 Å². The molecule has 0 aliphatic carbocycles. The van der Waals surface area contributed by atoms with E-state index < -0.39 is 11.6 Å². The van der Waals surface area contributed by atoms with Gasteiger partial charge in [-0.25, -0.2) is 8.78 Å². The maximum absolute atomic E-state index is 13.3. The molecule has 0 spiro atoms. The molecule has 0 heterocycles. The van der Waals surface area contributed by atoms with E-state index in [-0.39, 0.29) is 22.8 Å². The molecule has 0 fully saturated rings. The van der Waals surface area contributed by atoms with Gasteiger partial charge in [0.1, 0.15) is 11.6 Å². The summed E-state index contributed by atoms with van der Waals surface area (Å²) in [7, 11) is 0. The lowest BCUT2D eigenvalue weighted by atomic mass is 10.0. The van der Waals surface area contributed by atoms with Gasteiger partial charge in [-0.15, -0.1) is 0 Å². The van der Waals surface area contributed by atoms with Crippen molar-refractivity contribution >= 4 is 17.4 Å². The summed E-state index contributed by atoms with van der Waals surface area (Å²) in [5, 5.41) is 0.0736. The number of aryl methyl sites for hydroxylation is 1. The van der Waals surface area contributed by atoms with Crippen LogP contribution in [0.5, 0.6) is 0 Å². The molecule has 0 aliphatic heterocycles. The number of hydrogen-bond acceptors (Lipinski definition) is 1. The highest BCUT2D eigenvalue weighted by atomic mass is 35.5. The van der Waals surface area contributed by atoms with Crippen molar-refractivity contribution in [1.29, 1.82) is 0 Å². The van der Waals surface area contributed by atoms with Crippen LogP contribution in [0, 0.1) is 18.6 Å². The first-order chi connectivity index (χ1) is 8.97. The molecule has 0 unspecified atom stereocenters. The van der Waals surface area contributed by atoms with E-state index in [2.05, 4.69) is 0 Å². The summed E-state index contributed by atoms with van der Waals surface area (Å²) in [4.78, 5) is 12.1. The fraction of sp³-hybridized carbons (Fsp3) is 0.133. The van der Waals surface area contributed by atoms with Gasteiger partial charge in [-0.3, -0.25) is 4.79 Å². The number of rotatable bonds is 3. The fourth-order valence-corrected chi connectivity index (χ4v) is 2.05. The number of carbonyl (C=O) groups excluding carboxylic acids is 1. The van der Waals surface area contributed by atoms with Crippen LogP contribution in [0.1, 0.15) is 21.5 Å². The molecule has 2 aromatic rings. The van der Waals surface area contributed by atoms with E-state index >= 15 is 0 Å². The van der Waals surface area contributed by atoms with Crippen molar-refractivity contribution in [2.45, 2.75) is 13.3 Å². The normalized spacial score (nSPS) is 10.5. The molecule has 2 rings (SSSR count). The molecule has 0 saturated carbocycles. The molecule has 0 atom stereocenters. The number of halogens is 3. The standard InChI is InChI=1S/C15H11ClF2O/c1-9-5-12(13(16)8-14(9)18)15(19)7-10-3-2-4-11(17)6-10/h2-6,8H,7H2,1H3. The van der Waals surface area contributed by atoms with E-state index in [1.807, 2.05) is 0 Å². The van der Waals surface area contributed by atoms with Crippen LogP contribution in [-0.4, -0.2) is 5.78 Å². The van der Waals surface area contributed by atoms with Crippen LogP contribution < -0.4 is 0 Å². The Labute approximate surface area is 114 Å². The molecule has 0 aliphatic rings. The molecule has 0 amide bonds. The Morgan fingerprint density at radius 2 is 1.95 bits per heavy atom. The number of Topliss-reactive ketones (excluding diaryl/α,β-unsaturated/α-hetero) is 1. The highest BCUT2D eigenvalue weighted by molar-refractivity contribution is 6.34. The molecular formula is C15H11ClF2O. The lowest BCUT2D eigenvalue weighted by molar-refractivity contribution is 0.0993. The van der Waals surface area contributed by atoms with Gasteiger partial charge in [-0.05, 0) is 42.3 Å². The Kier molecular flexibility index (Phi) is 3.96. The van der Waals surface area contributed by atoms with Crippen molar-refractivity contribution in [2.75, 3.05) is 0 Å². The summed E-state index contributed by atoms with van der Waals surface area (Å²) in [6.07, 6.45) is 0.0303. The average Bonchev–Trinajstić information content (AvgIpc) is 2.33. The summed E-state index contributed by atoms with van der Waals surface area (Å²) < 4.78 is 26.3. The number of carbonyl (C=O) groups is 1. The molecule has 0 bridgehead atoms. The molecule has 0 saturated heterocycles. The first-order valence-corrected chi connectivity index (χ1v) is 6.08. The van der Waals surface area contributed by atoms with Crippen LogP contribution in [0.15, 0.2) is 36.4 Å². The maximum Gasteiger partial charge on any atom is 0.168 e. The molecule has 1 nitrogen and oxygen atoms in total. The second-order valence-corrected chi connectivity index (χ2v) is 4.72. The Morgan fingerprint density at radius 3 is 2.63 bits per heavy atom. The van der Waals surface area contributed by atoms with Gasteiger partial charge in [-0.1, -0.05) is 23.7 Å². The number of hydrogen-bond donors (Lipinski definition) is 0. The molecule has 98 valence electrons. The van der Waals surface area contributed by atoms with E-state index in [0.717, 1.165) is 6.07 Å². The van der Waals surface area contributed by atoms with E-state index in [1.54, 1.807) is 13.0 Å². The van der Waals surface area contributed by atoms with Crippen molar-refractivity contribution in [3.63, 3.8) is 0 Å². The SMILES string of the molecule is Cc1cc(C(=O)Cc2cccc(F)c2)c(Cl)cc1F. The largest absolute Gasteiger partial charge is 0.294 e. The van der Waals surface area contributed by atoms with Gasteiger partial charge >= 0.3 is 0 Å². The zero-order chi connectivity index (χ0) is 14.0. The van der Waals surface area contributed by atoms with Gasteiger partial charge in [0, 0.05) is 12.0 Å². The summed E-state index contributed by atoms with van der Waals surface area (Å²) in [5.74, 6) is -1.11. The van der Waals surface area contributed by atoms with Gasteiger partial charge in [-0.2, -0.15) is 0 Å². The third-order valence-corrected chi connectivity index (χ3v) is 3.12. The molecule has 4 heteroatoms. The second kappa shape index (κ2) is 5.49. The van der Waals surface area contributed by atoms with Crippen molar-refractivity contribution in [3.05, 3.63) is 69.7 Å². The topological polar surface area (TPSA) is 17.1 Å². The highest BCUT2D eigenvalue weighted by Crippen LogP contribution is 2.22. The Hall–Kier alpha value is -1.74. The van der Waals surface area contributed by atoms with Crippen molar-refractivity contribution in [1.82, 2.24) is 0 Å². The zero-order valence-corrected chi connectivity index (χ0v) is 11.0. The highest BCUT2D eigenvalue weighted by Gasteiger charge is 2.14. The van der Waals surface area contributed by atoms with E-state index in [4.69, 9.17) is 11.6 Å². The van der Waals surface area contributed by atoms with Gasteiger partial charge < -0.3 is 0 Å². The summed E-state index contributed by atoms with van der Waals surface area (Å²) in [6.45, 7) is 1.56. The average molecular weight is 281 g/mol. The minimum atomic E-state index is -0.452. The monoisotopic (exact) mass is 280 g/mol. The van der Waals surface area contributed by atoms with E-state index in [0.29, 0.717) is 11.1 Å². The van der Waals surface area contributed by atoms with Gasteiger partial charge in [0.2, 0.25) is 0 Å². The van der Waals surface area contributed by atoms with Crippen LogP contribution in [-0.2, 0) is 6.42 Å². The smallest absolute Gasteiger partial charge is 0.168 e. The maximum atomic E-state index is 13.3. The first kappa shape index (κ1) is 13.7. The summed E-state index contributed by atoms with van der Waals surface area (Å²) >= 11 is 5.86. The predicted molar refractivity (Wildman–Crippen MR) is 70.6 cm³/mol. The lowest BCUT2D eigenvalue weighted by Gasteiger charge is -2.06. The van der Waals surface area contributed by atoms with Gasteiger partial charge in [0.05, 0.1) is 5.02 Å². The van der Waals surface area contributed by atoms with E-state index in [9.17, 15) is 13.6 Å². The van der Waals surface area contributed by atoms with Gasteiger partial charge in [0.15, 0.2) is 5.78 Å². The molecule has 0 N–H and O–H groups in total. The van der Waals surface area contributed by atoms with Crippen LogP contribution in [0.4, 0.5) is 8.78 Å². The van der Waals surface area contributed by atoms with Crippen LogP contribution in [0.2, 0.25) is 5.02 Å². The predicted octanol–water partition coefficient (Wildman–Crippen LogP) is 4.35. The fourth-order valence-electron chi connectivity index (χ4n) is 1.80. The Morgan fingerprint density at radius 1 is 1.21 bits per heavy atom. The van der Waals surface area contributed by atoms with Crippen molar-refractivity contribution in [2.24, 2.45) is 0 Å². The number of ketones is 1. The third-order valence-electron chi connectivity index (χ3n) is 2.80. The Bertz CT molecular complexity index is 638. The van der Waals surface area contributed by atoms with Crippen LogP contribution in [0.3, 0.4) is 0 Å². The Balaban J connectivity index is 2.28. The third kappa shape index (κ3) is 3.18. The van der Waals surface area contributed by atoms with Gasteiger partial charge in [0.25, 0.3) is 0 Å². The van der Waals surface area contributed by atoms with Crippen molar-refractivity contribution in [3.8, 4) is 0 Å². The van der Waals surface area contributed by atoms with Crippen LogP contribution >= 0.6 is 11.6 Å². The molecule has 0 radical (unpaired) electrons. The molecular weight excluding hydrogens is 270 g/mol. The van der Waals surface area contributed by atoms with Crippen molar-refractivity contribution < 1.29 is 13.6 Å². The molecule has 19 heavy (non-hydrogen) atoms. The quantitative estimate of drug-likeness (QED) is 0.764. The zero-order valence-electron chi connectivity index (χ0n) is 10.2. The summed E-state index contributed by atoms with van der Waals surface area (Å²) in [5.41, 5.74) is 1.17. The molecule has 0 aromatic heterocycles. The summed E-state index contributed by atoms with van der Waals surface area (Å²) in [6, 6.07) is 8.33. The first-order valence-electron chi connectivity index (χ1n) is 5.70. The molecule has 2 aromatic carbocycles.